The number of carbonyl (C=O) groups is 1. The molecule has 0 fully saturated rings. The highest BCUT2D eigenvalue weighted by atomic mass is 19.4. The van der Waals surface area contributed by atoms with Gasteiger partial charge in [0.1, 0.15) is 0 Å². The zero-order chi connectivity index (χ0) is 17.0. The van der Waals surface area contributed by atoms with Crippen molar-refractivity contribution >= 4 is 5.91 Å². The van der Waals surface area contributed by atoms with E-state index in [9.17, 15) is 23.1 Å². The molecule has 1 rings (SSSR count). The van der Waals surface area contributed by atoms with Gasteiger partial charge in [-0.15, -0.1) is 0 Å². The molecule has 1 aromatic rings. The molecule has 0 aliphatic carbocycles. The van der Waals surface area contributed by atoms with E-state index in [1.807, 2.05) is 6.92 Å². The molecule has 2 unspecified atom stereocenters. The number of nitrogens with one attached hydrogen (secondary N) is 1. The van der Waals surface area contributed by atoms with E-state index in [-0.39, 0.29) is 5.56 Å². The first-order valence-corrected chi connectivity index (χ1v) is 6.96. The van der Waals surface area contributed by atoms with Crippen LogP contribution in [-0.2, 0) is 10.4 Å². The number of aliphatic hydroxyl groups is 1. The minimum absolute atomic E-state index is 0.328. The Hall–Kier alpha value is -1.60. The Morgan fingerprint density at radius 2 is 1.82 bits per heavy atom. The van der Waals surface area contributed by atoms with E-state index >= 15 is 0 Å². The number of rotatable bonds is 6. The van der Waals surface area contributed by atoms with Crippen molar-refractivity contribution in [2.75, 3.05) is 6.54 Å². The monoisotopic (exact) mass is 318 g/mol. The van der Waals surface area contributed by atoms with Crippen LogP contribution < -0.4 is 11.1 Å². The van der Waals surface area contributed by atoms with Gasteiger partial charge in [0.05, 0.1) is 12.1 Å². The molecule has 0 aliphatic heterocycles. The maximum atomic E-state index is 13.3. The second kappa shape index (κ2) is 6.66. The van der Waals surface area contributed by atoms with Gasteiger partial charge in [-0.1, -0.05) is 43.7 Å². The molecule has 4 nitrogen and oxygen atoms in total. The highest BCUT2D eigenvalue weighted by molar-refractivity contribution is 5.85. The molecular formula is C15H21F3N2O2. The lowest BCUT2D eigenvalue weighted by molar-refractivity contribution is -0.264. The van der Waals surface area contributed by atoms with Crippen LogP contribution >= 0.6 is 0 Å². The second-order valence-electron chi connectivity index (χ2n) is 5.57. The number of alkyl halides is 3. The van der Waals surface area contributed by atoms with E-state index in [0.29, 0.717) is 12.8 Å². The third kappa shape index (κ3) is 3.98. The second-order valence-corrected chi connectivity index (χ2v) is 5.57. The van der Waals surface area contributed by atoms with Crippen LogP contribution in [0.3, 0.4) is 0 Å². The van der Waals surface area contributed by atoms with Crippen molar-refractivity contribution in [1.29, 1.82) is 0 Å². The van der Waals surface area contributed by atoms with Crippen molar-refractivity contribution < 1.29 is 23.1 Å². The number of hydrogen-bond donors (Lipinski definition) is 3. The average molecular weight is 318 g/mol. The standard InChI is InChI=1S/C15H21F3N2O2/c1-3-9-13(2,19)12(21)20-10-14(22,15(16,17)18)11-7-5-4-6-8-11/h4-8,22H,3,9-10,19H2,1-2H3,(H,20,21). The summed E-state index contributed by atoms with van der Waals surface area (Å²) in [7, 11) is 0. The lowest BCUT2D eigenvalue weighted by Crippen LogP contribution is -2.57. The van der Waals surface area contributed by atoms with Crippen LogP contribution in [0, 0.1) is 0 Å². The van der Waals surface area contributed by atoms with Gasteiger partial charge >= 0.3 is 6.18 Å². The Bertz CT molecular complexity index is 503. The number of hydrogen-bond acceptors (Lipinski definition) is 3. The van der Waals surface area contributed by atoms with Gasteiger partial charge in [0.2, 0.25) is 11.5 Å². The highest BCUT2D eigenvalue weighted by Gasteiger charge is 2.55. The molecule has 22 heavy (non-hydrogen) atoms. The maximum absolute atomic E-state index is 13.3. The number of amides is 1. The fourth-order valence-electron chi connectivity index (χ4n) is 2.12. The maximum Gasteiger partial charge on any atom is 0.423 e. The zero-order valence-corrected chi connectivity index (χ0v) is 12.6. The molecule has 0 radical (unpaired) electrons. The molecular weight excluding hydrogens is 297 g/mol. The summed E-state index contributed by atoms with van der Waals surface area (Å²) in [5.74, 6) is -0.729. The van der Waals surface area contributed by atoms with E-state index in [1.54, 1.807) is 0 Å². The van der Waals surface area contributed by atoms with Crippen LogP contribution in [0.5, 0.6) is 0 Å². The van der Waals surface area contributed by atoms with Gasteiger partial charge in [-0.05, 0) is 18.9 Å². The predicted molar refractivity (Wildman–Crippen MR) is 76.9 cm³/mol. The fraction of sp³-hybridized carbons (Fsp3) is 0.533. The van der Waals surface area contributed by atoms with Gasteiger partial charge in [-0.25, -0.2) is 0 Å². The predicted octanol–water partition coefficient (Wildman–Crippen LogP) is 2.07. The largest absolute Gasteiger partial charge is 0.423 e. The molecule has 0 heterocycles. The van der Waals surface area contributed by atoms with Gasteiger partial charge in [-0.2, -0.15) is 13.2 Å². The quantitative estimate of drug-likeness (QED) is 0.751. The first kappa shape index (κ1) is 18.4. The lowest BCUT2D eigenvalue weighted by Gasteiger charge is -2.32. The van der Waals surface area contributed by atoms with Crippen molar-refractivity contribution in [3.8, 4) is 0 Å². The molecule has 0 saturated carbocycles. The van der Waals surface area contributed by atoms with Crippen molar-refractivity contribution in [3.63, 3.8) is 0 Å². The van der Waals surface area contributed by atoms with E-state index in [4.69, 9.17) is 5.73 Å². The van der Waals surface area contributed by atoms with Gasteiger partial charge in [-0.3, -0.25) is 4.79 Å². The van der Waals surface area contributed by atoms with E-state index < -0.39 is 29.8 Å². The Morgan fingerprint density at radius 1 is 1.27 bits per heavy atom. The molecule has 0 bridgehead atoms. The summed E-state index contributed by atoms with van der Waals surface area (Å²) in [4.78, 5) is 11.9. The minimum Gasteiger partial charge on any atom is -0.375 e. The Balaban J connectivity index is 2.96. The third-order valence-corrected chi connectivity index (χ3v) is 3.51. The molecule has 124 valence electrons. The van der Waals surface area contributed by atoms with Crippen LogP contribution in [0.1, 0.15) is 32.3 Å². The first-order valence-electron chi connectivity index (χ1n) is 6.96. The van der Waals surface area contributed by atoms with Crippen molar-refractivity contribution in [2.45, 2.75) is 44.0 Å². The molecule has 4 N–H and O–H groups in total. The number of benzene rings is 1. The van der Waals surface area contributed by atoms with Crippen LogP contribution in [0.15, 0.2) is 30.3 Å². The Kier molecular flexibility index (Phi) is 5.59. The third-order valence-electron chi connectivity index (χ3n) is 3.51. The van der Waals surface area contributed by atoms with E-state index in [0.717, 1.165) is 12.1 Å². The highest BCUT2D eigenvalue weighted by Crippen LogP contribution is 2.38. The molecule has 0 aliphatic rings. The van der Waals surface area contributed by atoms with Crippen LogP contribution in [-0.4, -0.2) is 29.3 Å². The summed E-state index contributed by atoms with van der Waals surface area (Å²) in [5, 5.41) is 12.2. The molecule has 1 aromatic carbocycles. The van der Waals surface area contributed by atoms with Crippen LogP contribution in [0.4, 0.5) is 13.2 Å². The van der Waals surface area contributed by atoms with Crippen LogP contribution in [0.2, 0.25) is 0 Å². The summed E-state index contributed by atoms with van der Waals surface area (Å²) < 4.78 is 39.8. The number of carbonyl (C=O) groups excluding carboxylic acids is 1. The Morgan fingerprint density at radius 3 is 2.27 bits per heavy atom. The van der Waals surface area contributed by atoms with Gasteiger partial charge in [0.25, 0.3) is 0 Å². The van der Waals surface area contributed by atoms with E-state index in [1.165, 1.54) is 25.1 Å². The summed E-state index contributed by atoms with van der Waals surface area (Å²) in [5.41, 5.74) is 0.997. The molecule has 0 spiro atoms. The SMILES string of the molecule is CCCC(C)(N)C(=O)NCC(O)(c1ccccc1)C(F)(F)F. The lowest BCUT2D eigenvalue weighted by atomic mass is 9.91. The molecule has 7 heteroatoms. The zero-order valence-electron chi connectivity index (χ0n) is 12.6. The van der Waals surface area contributed by atoms with Crippen molar-refractivity contribution in [3.05, 3.63) is 35.9 Å². The average Bonchev–Trinajstić information content (AvgIpc) is 2.44. The molecule has 1 amide bonds. The number of halogens is 3. The summed E-state index contributed by atoms with van der Waals surface area (Å²) in [6, 6.07) is 6.63. The van der Waals surface area contributed by atoms with E-state index in [2.05, 4.69) is 5.32 Å². The Labute approximate surface area is 127 Å². The van der Waals surface area contributed by atoms with Crippen molar-refractivity contribution in [2.24, 2.45) is 5.73 Å². The van der Waals surface area contributed by atoms with Crippen molar-refractivity contribution in [1.82, 2.24) is 5.32 Å². The summed E-state index contributed by atoms with van der Waals surface area (Å²) >= 11 is 0. The molecule has 2 atom stereocenters. The molecule has 0 saturated heterocycles. The minimum atomic E-state index is -4.93. The van der Waals surface area contributed by atoms with Gasteiger partial charge in [0, 0.05) is 0 Å². The topological polar surface area (TPSA) is 75.4 Å². The number of nitrogens with two attached hydrogens (primary N) is 1. The summed E-state index contributed by atoms with van der Waals surface area (Å²) in [6.45, 7) is 2.27. The smallest absolute Gasteiger partial charge is 0.375 e. The van der Waals surface area contributed by atoms with Gasteiger partial charge in [0.15, 0.2) is 0 Å². The summed E-state index contributed by atoms with van der Waals surface area (Å²) in [6.07, 6.45) is -3.99. The normalized spacial score (nSPS) is 17.4. The fourth-order valence-corrected chi connectivity index (χ4v) is 2.12. The van der Waals surface area contributed by atoms with Gasteiger partial charge < -0.3 is 16.2 Å². The first-order chi connectivity index (χ1) is 10.0. The molecule has 0 aromatic heterocycles. The van der Waals surface area contributed by atoms with Crippen LogP contribution in [0.25, 0.3) is 0 Å².